The van der Waals surface area contributed by atoms with E-state index in [-0.39, 0.29) is 0 Å². The van der Waals surface area contributed by atoms with E-state index in [1.165, 1.54) is 29.8 Å². The van der Waals surface area contributed by atoms with Crippen LogP contribution in [0.3, 0.4) is 0 Å². The van der Waals surface area contributed by atoms with Crippen LogP contribution in [0.1, 0.15) is 42.7 Å². The van der Waals surface area contributed by atoms with Crippen LogP contribution in [0.25, 0.3) is 0 Å². The fourth-order valence-electron chi connectivity index (χ4n) is 2.02. The molecule has 1 N–H and O–H groups in total. The molecule has 0 radical (unpaired) electrons. The number of hydrogen-bond donors (Lipinski definition) is 1. The van der Waals surface area contributed by atoms with Gasteiger partial charge in [-0.05, 0) is 43.9 Å². The molecule has 0 aliphatic carbocycles. The third kappa shape index (κ3) is 2.12. The number of hydrogen-bond acceptors (Lipinski definition) is 4. The second-order valence-electron chi connectivity index (χ2n) is 3.86. The van der Waals surface area contributed by atoms with Gasteiger partial charge < -0.3 is 5.32 Å². The second-order valence-corrected chi connectivity index (χ2v) is 4.69. The van der Waals surface area contributed by atoms with Crippen molar-refractivity contribution in [1.29, 1.82) is 0 Å². The number of nitrogens with one attached hydrogen (secondary N) is 1. The molecule has 3 nitrogen and oxygen atoms in total. The first-order chi connectivity index (χ1) is 6.92. The lowest BCUT2D eigenvalue weighted by molar-refractivity contribution is 0.450. The summed E-state index contributed by atoms with van der Waals surface area (Å²) in [6, 6.07) is 0. The minimum absolute atomic E-state index is 0.663. The summed E-state index contributed by atoms with van der Waals surface area (Å²) in [4.78, 5) is 1.42. The molecule has 1 aliphatic heterocycles. The van der Waals surface area contributed by atoms with Crippen LogP contribution in [0.15, 0.2) is 0 Å². The highest BCUT2D eigenvalue weighted by molar-refractivity contribution is 7.05. The van der Waals surface area contributed by atoms with Gasteiger partial charge in [0.1, 0.15) is 0 Å². The van der Waals surface area contributed by atoms with Gasteiger partial charge in [0.25, 0.3) is 0 Å². The van der Waals surface area contributed by atoms with Crippen molar-refractivity contribution in [3.8, 4) is 0 Å². The first-order valence-electron chi connectivity index (χ1n) is 5.43. The van der Waals surface area contributed by atoms with Crippen molar-refractivity contribution < 1.29 is 0 Å². The molecule has 2 heterocycles. The predicted molar refractivity (Wildman–Crippen MR) is 58.7 cm³/mol. The summed E-state index contributed by atoms with van der Waals surface area (Å²) < 4.78 is 4.09. The van der Waals surface area contributed by atoms with Crippen molar-refractivity contribution in [2.45, 2.75) is 38.5 Å². The fraction of sp³-hybridized carbons (Fsp3) is 0.800. The third-order valence-electron chi connectivity index (χ3n) is 2.79. The van der Waals surface area contributed by atoms with Crippen LogP contribution < -0.4 is 5.32 Å². The quantitative estimate of drug-likeness (QED) is 0.830. The van der Waals surface area contributed by atoms with E-state index in [9.17, 15) is 0 Å². The smallest absolute Gasteiger partial charge is 0.0819 e. The van der Waals surface area contributed by atoms with Crippen molar-refractivity contribution in [2.75, 3.05) is 13.1 Å². The largest absolute Gasteiger partial charge is 0.317 e. The Bertz CT molecular complexity index is 279. The van der Waals surface area contributed by atoms with Gasteiger partial charge in [-0.15, -0.1) is 5.10 Å². The molecule has 0 atom stereocenters. The Morgan fingerprint density at radius 2 is 2.21 bits per heavy atom. The summed E-state index contributed by atoms with van der Waals surface area (Å²) in [5, 5.41) is 7.68. The molecule has 0 saturated carbocycles. The van der Waals surface area contributed by atoms with Crippen LogP contribution in [0.2, 0.25) is 0 Å². The van der Waals surface area contributed by atoms with Crippen molar-refractivity contribution >= 4 is 11.5 Å². The summed E-state index contributed by atoms with van der Waals surface area (Å²) in [7, 11) is 0. The van der Waals surface area contributed by atoms with E-state index >= 15 is 0 Å². The Labute approximate surface area is 89.1 Å². The van der Waals surface area contributed by atoms with Crippen LogP contribution >= 0.6 is 11.5 Å². The molecular weight excluding hydrogens is 194 g/mol. The maximum absolute atomic E-state index is 4.30. The normalized spacial score (nSPS) is 18.6. The molecule has 0 bridgehead atoms. The van der Waals surface area contributed by atoms with E-state index in [1.807, 2.05) is 0 Å². The van der Waals surface area contributed by atoms with Gasteiger partial charge in [0.05, 0.1) is 5.69 Å². The topological polar surface area (TPSA) is 37.8 Å². The molecule has 78 valence electrons. The Balaban J connectivity index is 2.09. The maximum atomic E-state index is 4.30. The third-order valence-corrected chi connectivity index (χ3v) is 3.59. The Morgan fingerprint density at radius 3 is 2.93 bits per heavy atom. The van der Waals surface area contributed by atoms with Gasteiger partial charge in [-0.1, -0.05) is 17.8 Å². The number of nitrogens with zero attached hydrogens (tertiary/aromatic N) is 2. The van der Waals surface area contributed by atoms with Gasteiger partial charge >= 0.3 is 0 Å². The van der Waals surface area contributed by atoms with Crippen LogP contribution in [-0.4, -0.2) is 22.7 Å². The van der Waals surface area contributed by atoms with Crippen molar-refractivity contribution in [1.82, 2.24) is 14.9 Å². The summed E-state index contributed by atoms with van der Waals surface area (Å²) in [5.41, 5.74) is 1.29. The van der Waals surface area contributed by atoms with Gasteiger partial charge in [-0.25, -0.2) is 0 Å². The summed E-state index contributed by atoms with van der Waals surface area (Å²) in [6.45, 7) is 4.48. The average molecular weight is 211 g/mol. The highest BCUT2D eigenvalue weighted by atomic mass is 32.1. The van der Waals surface area contributed by atoms with Crippen molar-refractivity contribution in [3.05, 3.63) is 10.6 Å². The lowest BCUT2D eigenvalue weighted by atomic mass is 9.93. The molecule has 0 spiro atoms. The SMILES string of the molecule is CCCc1snnc1C1CCNCC1. The minimum atomic E-state index is 0.663. The Morgan fingerprint density at radius 1 is 1.43 bits per heavy atom. The van der Waals surface area contributed by atoms with Crippen LogP contribution in [-0.2, 0) is 6.42 Å². The molecule has 0 aromatic carbocycles. The lowest BCUT2D eigenvalue weighted by Crippen LogP contribution is -2.27. The molecule has 1 aromatic rings. The van der Waals surface area contributed by atoms with E-state index in [0.29, 0.717) is 5.92 Å². The molecule has 0 amide bonds. The number of aromatic nitrogens is 2. The summed E-state index contributed by atoms with van der Waals surface area (Å²) in [5.74, 6) is 0.663. The van der Waals surface area contributed by atoms with E-state index < -0.39 is 0 Å². The molecule has 14 heavy (non-hydrogen) atoms. The standard InChI is InChI=1S/C10H17N3S/c1-2-3-9-10(12-13-14-9)8-4-6-11-7-5-8/h8,11H,2-7H2,1H3. The van der Waals surface area contributed by atoms with E-state index in [2.05, 4.69) is 21.8 Å². The first kappa shape index (κ1) is 10.1. The maximum Gasteiger partial charge on any atom is 0.0819 e. The molecule has 2 rings (SSSR count). The van der Waals surface area contributed by atoms with Gasteiger partial charge in [0.15, 0.2) is 0 Å². The number of rotatable bonds is 3. The fourth-order valence-corrected chi connectivity index (χ4v) is 2.85. The second kappa shape index (κ2) is 4.84. The monoisotopic (exact) mass is 211 g/mol. The van der Waals surface area contributed by atoms with E-state index in [0.717, 1.165) is 19.5 Å². The molecule has 1 saturated heterocycles. The molecular formula is C10H17N3S. The zero-order valence-corrected chi connectivity index (χ0v) is 9.44. The number of aryl methyl sites for hydroxylation is 1. The summed E-state index contributed by atoms with van der Waals surface area (Å²) in [6.07, 6.45) is 4.79. The van der Waals surface area contributed by atoms with Crippen molar-refractivity contribution in [3.63, 3.8) is 0 Å². The Hall–Kier alpha value is -0.480. The molecule has 1 fully saturated rings. The lowest BCUT2D eigenvalue weighted by Gasteiger charge is -2.21. The highest BCUT2D eigenvalue weighted by Crippen LogP contribution is 2.28. The minimum Gasteiger partial charge on any atom is -0.317 e. The van der Waals surface area contributed by atoms with Crippen LogP contribution in [0.4, 0.5) is 0 Å². The number of piperidine rings is 1. The predicted octanol–water partition coefficient (Wildman–Crippen LogP) is 1.96. The van der Waals surface area contributed by atoms with Crippen LogP contribution in [0.5, 0.6) is 0 Å². The zero-order valence-electron chi connectivity index (χ0n) is 8.62. The zero-order chi connectivity index (χ0) is 9.80. The molecule has 0 unspecified atom stereocenters. The van der Waals surface area contributed by atoms with Crippen LogP contribution in [0, 0.1) is 0 Å². The van der Waals surface area contributed by atoms with E-state index in [1.54, 1.807) is 11.5 Å². The van der Waals surface area contributed by atoms with Gasteiger partial charge in [-0.3, -0.25) is 0 Å². The van der Waals surface area contributed by atoms with Crippen molar-refractivity contribution in [2.24, 2.45) is 0 Å². The van der Waals surface area contributed by atoms with Gasteiger partial charge in [-0.2, -0.15) is 0 Å². The first-order valence-corrected chi connectivity index (χ1v) is 6.21. The van der Waals surface area contributed by atoms with Gasteiger partial charge in [0, 0.05) is 10.8 Å². The summed E-state index contributed by atoms with van der Waals surface area (Å²) >= 11 is 1.59. The highest BCUT2D eigenvalue weighted by Gasteiger charge is 2.20. The molecule has 1 aromatic heterocycles. The average Bonchev–Trinajstić information content (AvgIpc) is 2.68. The molecule has 4 heteroatoms. The molecule has 1 aliphatic rings. The Kier molecular flexibility index (Phi) is 3.48. The van der Waals surface area contributed by atoms with Gasteiger partial charge in [0.2, 0.25) is 0 Å². The van der Waals surface area contributed by atoms with E-state index in [4.69, 9.17) is 0 Å².